The van der Waals surface area contributed by atoms with Gasteiger partial charge in [-0.1, -0.05) is 12.8 Å². The van der Waals surface area contributed by atoms with E-state index in [0.717, 1.165) is 5.69 Å². The van der Waals surface area contributed by atoms with E-state index in [1.807, 2.05) is 6.07 Å². The number of nitrogens with one attached hydrogen (secondary N) is 2. The molecular formula is C19H21N3O3. The fraction of sp³-hybridized carbons (Fsp3) is 0.368. The van der Waals surface area contributed by atoms with E-state index >= 15 is 0 Å². The summed E-state index contributed by atoms with van der Waals surface area (Å²) in [6, 6.07) is 7.72. The summed E-state index contributed by atoms with van der Waals surface area (Å²) in [6.07, 6.45) is 8.21. The Hall–Kier alpha value is -2.76. The molecule has 1 aliphatic heterocycles. The number of carbonyl (C=O) groups excluding carboxylic acids is 1. The van der Waals surface area contributed by atoms with Crippen molar-refractivity contribution < 1.29 is 14.3 Å². The molecule has 0 bridgehead atoms. The van der Waals surface area contributed by atoms with Gasteiger partial charge in [-0.2, -0.15) is 0 Å². The van der Waals surface area contributed by atoms with Crippen LogP contribution in [0.4, 0.5) is 11.4 Å². The van der Waals surface area contributed by atoms with Gasteiger partial charge in [0.1, 0.15) is 13.2 Å². The van der Waals surface area contributed by atoms with Crippen LogP contribution < -0.4 is 20.1 Å². The number of nitrogens with zero attached hydrogens (tertiary/aromatic N) is 1. The average molecular weight is 339 g/mol. The molecule has 4 rings (SSSR count). The van der Waals surface area contributed by atoms with E-state index in [9.17, 15) is 4.79 Å². The van der Waals surface area contributed by atoms with Crippen molar-refractivity contribution >= 4 is 17.3 Å². The van der Waals surface area contributed by atoms with Gasteiger partial charge in [0.05, 0.1) is 11.3 Å². The predicted octanol–water partition coefficient (Wildman–Crippen LogP) is 3.46. The molecule has 1 saturated carbocycles. The number of amides is 1. The number of anilines is 2. The minimum Gasteiger partial charge on any atom is -0.486 e. The first kappa shape index (κ1) is 15.7. The van der Waals surface area contributed by atoms with Crippen LogP contribution in [0.25, 0.3) is 0 Å². The molecule has 130 valence electrons. The second-order valence-corrected chi connectivity index (χ2v) is 6.40. The van der Waals surface area contributed by atoms with Crippen molar-refractivity contribution in [3.63, 3.8) is 0 Å². The zero-order chi connectivity index (χ0) is 17.1. The predicted molar refractivity (Wildman–Crippen MR) is 95.5 cm³/mol. The highest BCUT2D eigenvalue weighted by Gasteiger charge is 2.16. The molecular weight excluding hydrogens is 318 g/mol. The second-order valence-electron chi connectivity index (χ2n) is 6.40. The van der Waals surface area contributed by atoms with Crippen LogP contribution >= 0.6 is 0 Å². The minimum atomic E-state index is -0.195. The first-order chi connectivity index (χ1) is 12.3. The lowest BCUT2D eigenvalue weighted by molar-refractivity contribution is 0.102. The number of hydrogen-bond acceptors (Lipinski definition) is 5. The molecule has 0 spiro atoms. The smallest absolute Gasteiger partial charge is 0.257 e. The summed E-state index contributed by atoms with van der Waals surface area (Å²) in [5.74, 6) is 1.16. The summed E-state index contributed by atoms with van der Waals surface area (Å²) in [7, 11) is 0. The Morgan fingerprint density at radius 2 is 1.80 bits per heavy atom. The van der Waals surface area contributed by atoms with Crippen LogP contribution in [-0.2, 0) is 0 Å². The average Bonchev–Trinajstić information content (AvgIpc) is 3.15. The van der Waals surface area contributed by atoms with E-state index in [1.165, 1.54) is 25.7 Å². The van der Waals surface area contributed by atoms with Crippen LogP contribution in [-0.4, -0.2) is 30.1 Å². The molecule has 2 heterocycles. The van der Waals surface area contributed by atoms with Gasteiger partial charge in [-0.25, -0.2) is 0 Å². The Morgan fingerprint density at radius 3 is 2.64 bits per heavy atom. The number of ether oxygens (including phenoxy) is 2. The molecule has 6 nitrogen and oxygen atoms in total. The third kappa shape index (κ3) is 3.68. The normalized spacial score (nSPS) is 16.5. The molecule has 2 N–H and O–H groups in total. The fourth-order valence-corrected chi connectivity index (χ4v) is 3.27. The zero-order valence-electron chi connectivity index (χ0n) is 14.0. The maximum absolute atomic E-state index is 12.5. The molecule has 6 heteroatoms. The number of aromatic nitrogens is 1. The molecule has 1 aromatic heterocycles. The molecule has 25 heavy (non-hydrogen) atoms. The topological polar surface area (TPSA) is 72.5 Å². The van der Waals surface area contributed by atoms with Crippen molar-refractivity contribution in [2.75, 3.05) is 23.8 Å². The van der Waals surface area contributed by atoms with Crippen LogP contribution in [0.15, 0.2) is 36.7 Å². The molecule has 1 aromatic carbocycles. The van der Waals surface area contributed by atoms with Crippen LogP contribution in [0, 0.1) is 0 Å². The molecule has 0 atom stereocenters. The largest absolute Gasteiger partial charge is 0.486 e. The van der Waals surface area contributed by atoms with Crippen molar-refractivity contribution in [2.45, 2.75) is 31.7 Å². The Labute approximate surface area is 146 Å². The highest BCUT2D eigenvalue weighted by Crippen LogP contribution is 2.32. The van der Waals surface area contributed by atoms with Gasteiger partial charge in [-0.3, -0.25) is 9.78 Å². The van der Waals surface area contributed by atoms with Crippen LogP contribution in [0.3, 0.4) is 0 Å². The Kier molecular flexibility index (Phi) is 4.41. The lowest BCUT2D eigenvalue weighted by Gasteiger charge is -2.19. The molecule has 2 aromatic rings. The molecule has 1 aliphatic carbocycles. The molecule has 1 fully saturated rings. The molecule has 0 unspecified atom stereocenters. The van der Waals surface area contributed by atoms with Gasteiger partial charge in [-0.15, -0.1) is 0 Å². The van der Waals surface area contributed by atoms with E-state index in [1.54, 1.807) is 30.6 Å². The van der Waals surface area contributed by atoms with E-state index in [2.05, 4.69) is 15.6 Å². The summed E-state index contributed by atoms with van der Waals surface area (Å²) in [5, 5.41) is 6.35. The summed E-state index contributed by atoms with van der Waals surface area (Å²) in [6.45, 7) is 1.06. The lowest BCUT2D eigenvalue weighted by atomic mass is 10.2. The number of carbonyl (C=O) groups is 1. The number of hydrogen-bond donors (Lipinski definition) is 2. The number of rotatable bonds is 4. The quantitative estimate of drug-likeness (QED) is 0.892. The highest BCUT2D eigenvalue weighted by molar-refractivity contribution is 6.04. The summed E-state index contributed by atoms with van der Waals surface area (Å²) < 4.78 is 11.0. The van der Waals surface area contributed by atoms with Gasteiger partial charge < -0.3 is 20.1 Å². The third-order valence-electron chi connectivity index (χ3n) is 4.53. The number of pyridine rings is 1. The van der Waals surface area contributed by atoms with Crippen LogP contribution in [0.2, 0.25) is 0 Å². The lowest BCUT2D eigenvalue weighted by Crippen LogP contribution is -2.17. The molecule has 0 saturated heterocycles. The minimum absolute atomic E-state index is 0.195. The standard InChI is InChI=1S/C19H21N3O3/c23-19(22-15-5-6-17-18(10-15)25-8-7-24-17)13-9-16(12-20-11-13)21-14-3-1-2-4-14/h5-6,9-12,14,21H,1-4,7-8H2,(H,22,23). The van der Waals surface area contributed by atoms with Crippen LogP contribution in [0.1, 0.15) is 36.0 Å². The Balaban J connectivity index is 1.45. The monoisotopic (exact) mass is 339 g/mol. The molecule has 2 aliphatic rings. The van der Waals surface area contributed by atoms with Gasteiger partial charge in [0.2, 0.25) is 0 Å². The maximum Gasteiger partial charge on any atom is 0.257 e. The maximum atomic E-state index is 12.5. The number of benzene rings is 1. The van der Waals surface area contributed by atoms with Crippen molar-refractivity contribution in [1.82, 2.24) is 4.98 Å². The van der Waals surface area contributed by atoms with Gasteiger partial charge in [0, 0.05) is 30.2 Å². The van der Waals surface area contributed by atoms with Crippen LogP contribution in [0.5, 0.6) is 11.5 Å². The molecule has 0 radical (unpaired) electrons. The summed E-state index contributed by atoms with van der Waals surface area (Å²) in [4.78, 5) is 16.7. The van der Waals surface area contributed by atoms with E-state index in [0.29, 0.717) is 42.0 Å². The first-order valence-electron chi connectivity index (χ1n) is 8.70. The van der Waals surface area contributed by atoms with Crippen molar-refractivity contribution in [3.8, 4) is 11.5 Å². The van der Waals surface area contributed by atoms with Crippen molar-refractivity contribution in [1.29, 1.82) is 0 Å². The van der Waals surface area contributed by atoms with Crippen molar-refractivity contribution in [3.05, 3.63) is 42.2 Å². The van der Waals surface area contributed by atoms with E-state index < -0.39 is 0 Å². The van der Waals surface area contributed by atoms with Gasteiger partial charge >= 0.3 is 0 Å². The Morgan fingerprint density at radius 1 is 1.00 bits per heavy atom. The Bertz CT molecular complexity index is 772. The molecule has 1 amide bonds. The summed E-state index contributed by atoms with van der Waals surface area (Å²) in [5.41, 5.74) is 2.09. The second kappa shape index (κ2) is 7.01. The first-order valence-corrected chi connectivity index (χ1v) is 8.70. The van der Waals surface area contributed by atoms with Gasteiger partial charge in [-0.05, 0) is 31.0 Å². The van der Waals surface area contributed by atoms with Gasteiger partial charge in [0.15, 0.2) is 11.5 Å². The van der Waals surface area contributed by atoms with Gasteiger partial charge in [0.25, 0.3) is 5.91 Å². The SMILES string of the molecule is O=C(Nc1ccc2c(c1)OCCO2)c1cncc(NC2CCCC2)c1. The fourth-order valence-electron chi connectivity index (χ4n) is 3.27. The third-order valence-corrected chi connectivity index (χ3v) is 4.53. The highest BCUT2D eigenvalue weighted by atomic mass is 16.6. The van der Waals surface area contributed by atoms with Crippen molar-refractivity contribution in [2.24, 2.45) is 0 Å². The summed E-state index contributed by atoms with van der Waals surface area (Å²) >= 11 is 0. The van der Waals surface area contributed by atoms with E-state index in [4.69, 9.17) is 9.47 Å². The number of fused-ring (bicyclic) bond motifs is 1. The van der Waals surface area contributed by atoms with E-state index in [-0.39, 0.29) is 5.91 Å². The zero-order valence-corrected chi connectivity index (χ0v) is 14.0.